The Balaban J connectivity index is 1.54. The molecule has 1 atom stereocenters. The predicted molar refractivity (Wildman–Crippen MR) is 110 cm³/mol. The molecule has 0 amide bonds. The van der Waals surface area contributed by atoms with Crippen LogP contribution in [0.3, 0.4) is 0 Å². The summed E-state index contributed by atoms with van der Waals surface area (Å²) in [5, 5.41) is 8.06. The Morgan fingerprint density at radius 2 is 1.79 bits per heavy atom. The van der Waals surface area contributed by atoms with Gasteiger partial charge in [0.05, 0.1) is 12.7 Å². The first-order valence-electron chi connectivity index (χ1n) is 9.51. The second kappa shape index (κ2) is 9.59. The van der Waals surface area contributed by atoms with Gasteiger partial charge in [0.15, 0.2) is 6.10 Å². The molecule has 3 aromatic rings. The van der Waals surface area contributed by atoms with Gasteiger partial charge in [0.1, 0.15) is 5.69 Å². The fourth-order valence-corrected chi connectivity index (χ4v) is 2.80. The normalized spacial score (nSPS) is 12.1. The van der Waals surface area contributed by atoms with Gasteiger partial charge < -0.3 is 4.74 Å². The summed E-state index contributed by atoms with van der Waals surface area (Å²) in [5.41, 5.74) is 3.31. The fraction of sp³-hybridized carbons (Fsp3) is 0.217. The number of nitrogens with zero attached hydrogens (tertiary/aromatic N) is 3. The molecule has 0 radical (unpaired) electrons. The Bertz CT molecular complexity index is 992. The number of ketones is 1. The van der Waals surface area contributed by atoms with Crippen LogP contribution in [0.25, 0.3) is 6.08 Å². The number of benzene rings is 2. The molecule has 0 N–H and O–H groups in total. The minimum atomic E-state index is -0.867. The van der Waals surface area contributed by atoms with Crippen LogP contribution in [0.15, 0.2) is 66.9 Å². The monoisotopic (exact) mass is 389 g/mol. The van der Waals surface area contributed by atoms with Gasteiger partial charge in [-0.3, -0.25) is 4.79 Å². The lowest BCUT2D eigenvalue weighted by molar-refractivity contribution is -0.140. The van der Waals surface area contributed by atoms with E-state index in [0.29, 0.717) is 17.8 Å². The van der Waals surface area contributed by atoms with E-state index in [9.17, 15) is 9.59 Å². The second-order valence-electron chi connectivity index (χ2n) is 6.65. The van der Waals surface area contributed by atoms with E-state index in [1.54, 1.807) is 29.9 Å². The van der Waals surface area contributed by atoms with E-state index < -0.39 is 12.1 Å². The number of ether oxygens (including phenoxy) is 1. The number of hydrogen-bond donors (Lipinski definition) is 0. The third-order valence-corrected chi connectivity index (χ3v) is 4.44. The molecule has 0 fully saturated rings. The smallest absolute Gasteiger partial charge is 0.331 e. The molecule has 6 nitrogen and oxygen atoms in total. The average molecular weight is 389 g/mol. The molecule has 0 aliphatic carbocycles. The molecular formula is C23H23N3O3. The summed E-state index contributed by atoms with van der Waals surface area (Å²) >= 11 is 0. The van der Waals surface area contributed by atoms with Crippen molar-refractivity contribution in [1.29, 1.82) is 0 Å². The lowest BCUT2D eigenvalue weighted by Gasteiger charge is -2.11. The zero-order valence-electron chi connectivity index (χ0n) is 16.5. The Labute approximate surface area is 169 Å². The number of hydrogen-bond acceptors (Lipinski definition) is 5. The number of carbonyl (C=O) groups is 2. The van der Waals surface area contributed by atoms with Crippen molar-refractivity contribution in [2.75, 3.05) is 0 Å². The number of rotatable bonds is 8. The Morgan fingerprint density at radius 1 is 1.07 bits per heavy atom. The molecule has 6 heteroatoms. The molecule has 0 unspecified atom stereocenters. The third kappa shape index (κ3) is 5.72. The van der Waals surface area contributed by atoms with Gasteiger partial charge in [-0.05, 0) is 30.5 Å². The summed E-state index contributed by atoms with van der Waals surface area (Å²) < 4.78 is 6.90. The molecule has 0 aliphatic heterocycles. The van der Waals surface area contributed by atoms with E-state index >= 15 is 0 Å². The van der Waals surface area contributed by atoms with Crippen molar-refractivity contribution in [3.8, 4) is 0 Å². The van der Waals surface area contributed by atoms with Gasteiger partial charge in [0.25, 0.3) is 0 Å². The molecule has 3 rings (SSSR count). The highest BCUT2D eigenvalue weighted by atomic mass is 16.5. The van der Waals surface area contributed by atoms with Gasteiger partial charge in [-0.25, -0.2) is 9.48 Å². The van der Waals surface area contributed by atoms with E-state index in [1.165, 1.54) is 12.2 Å². The van der Waals surface area contributed by atoms with Crippen LogP contribution in [0.2, 0.25) is 0 Å². The standard InChI is InChI=1S/C23H23N3O3/c1-3-18-9-11-20(12-10-18)23(28)17(2)29-22(27)14-13-21-16-26(25-24-21)15-19-7-5-4-6-8-19/h4-14,16-17H,3,15H2,1-2H3/b14-13+/t17-/m1/s1. The summed E-state index contributed by atoms with van der Waals surface area (Å²) in [6.45, 7) is 4.21. The van der Waals surface area contributed by atoms with Gasteiger partial charge in [0.2, 0.25) is 5.78 Å². The van der Waals surface area contributed by atoms with Crippen molar-refractivity contribution in [2.24, 2.45) is 0 Å². The molecule has 1 aromatic heterocycles. The highest BCUT2D eigenvalue weighted by Crippen LogP contribution is 2.10. The summed E-state index contributed by atoms with van der Waals surface area (Å²) in [6, 6.07) is 17.2. The summed E-state index contributed by atoms with van der Waals surface area (Å²) in [7, 11) is 0. The van der Waals surface area contributed by atoms with Gasteiger partial charge in [-0.15, -0.1) is 5.10 Å². The lowest BCUT2D eigenvalue weighted by atomic mass is 10.0. The first-order chi connectivity index (χ1) is 14.0. The van der Waals surface area contributed by atoms with Crippen LogP contribution in [0.5, 0.6) is 0 Å². The molecule has 0 saturated carbocycles. The van der Waals surface area contributed by atoms with Crippen molar-refractivity contribution in [1.82, 2.24) is 15.0 Å². The quantitative estimate of drug-likeness (QED) is 0.333. The average Bonchev–Trinajstić information content (AvgIpc) is 3.19. The van der Waals surface area contributed by atoms with E-state index in [0.717, 1.165) is 17.5 Å². The van der Waals surface area contributed by atoms with E-state index in [1.807, 2.05) is 49.4 Å². The van der Waals surface area contributed by atoms with Crippen molar-refractivity contribution in [3.05, 3.63) is 89.3 Å². The van der Waals surface area contributed by atoms with Gasteiger partial charge in [-0.2, -0.15) is 0 Å². The molecule has 1 heterocycles. The van der Waals surface area contributed by atoms with Crippen molar-refractivity contribution in [2.45, 2.75) is 32.9 Å². The topological polar surface area (TPSA) is 74.1 Å². The predicted octanol–water partition coefficient (Wildman–Crippen LogP) is 3.72. The van der Waals surface area contributed by atoms with Gasteiger partial charge in [0, 0.05) is 11.6 Å². The minimum Gasteiger partial charge on any atom is -0.451 e. The first kappa shape index (κ1) is 20.2. The van der Waals surface area contributed by atoms with Gasteiger partial charge >= 0.3 is 5.97 Å². The highest BCUT2D eigenvalue weighted by Gasteiger charge is 2.18. The molecule has 2 aromatic carbocycles. The SMILES string of the molecule is CCc1ccc(C(=O)[C@@H](C)OC(=O)/C=C/c2cn(Cc3ccccc3)nn2)cc1. The second-order valence-corrected chi connectivity index (χ2v) is 6.65. The maximum Gasteiger partial charge on any atom is 0.331 e. The van der Waals surface area contributed by atoms with E-state index in [-0.39, 0.29) is 5.78 Å². The summed E-state index contributed by atoms with van der Waals surface area (Å²) in [4.78, 5) is 24.4. The molecule has 0 saturated heterocycles. The molecule has 0 aliphatic rings. The lowest BCUT2D eigenvalue weighted by Crippen LogP contribution is -2.23. The number of carbonyl (C=O) groups excluding carboxylic acids is 2. The minimum absolute atomic E-state index is 0.233. The number of aromatic nitrogens is 3. The molecular weight excluding hydrogens is 366 g/mol. The Kier molecular flexibility index (Phi) is 6.68. The molecule has 29 heavy (non-hydrogen) atoms. The summed E-state index contributed by atoms with van der Waals surface area (Å²) in [6.07, 6.45) is 4.54. The van der Waals surface area contributed by atoms with Crippen molar-refractivity contribution >= 4 is 17.8 Å². The van der Waals surface area contributed by atoms with Crippen LogP contribution in [0, 0.1) is 0 Å². The van der Waals surface area contributed by atoms with Crippen LogP contribution < -0.4 is 0 Å². The molecule has 148 valence electrons. The molecule has 0 spiro atoms. The number of Topliss-reactive ketones (excluding diaryl/α,β-unsaturated/α-hetero) is 1. The van der Waals surface area contributed by atoms with Crippen LogP contribution in [-0.4, -0.2) is 32.9 Å². The molecule has 0 bridgehead atoms. The highest BCUT2D eigenvalue weighted by molar-refractivity contribution is 6.01. The first-order valence-corrected chi connectivity index (χ1v) is 9.51. The number of esters is 1. The van der Waals surface area contributed by atoms with E-state index in [4.69, 9.17) is 4.74 Å². The summed E-state index contributed by atoms with van der Waals surface area (Å²) in [5.74, 6) is -0.836. The van der Waals surface area contributed by atoms with Crippen LogP contribution in [0.4, 0.5) is 0 Å². The maximum atomic E-state index is 12.4. The van der Waals surface area contributed by atoms with Crippen molar-refractivity contribution < 1.29 is 14.3 Å². The van der Waals surface area contributed by atoms with Gasteiger partial charge in [-0.1, -0.05) is 66.7 Å². The largest absolute Gasteiger partial charge is 0.451 e. The zero-order chi connectivity index (χ0) is 20.6. The fourth-order valence-electron chi connectivity index (χ4n) is 2.80. The van der Waals surface area contributed by atoms with E-state index in [2.05, 4.69) is 10.3 Å². The van der Waals surface area contributed by atoms with Crippen LogP contribution >= 0.6 is 0 Å². The maximum absolute atomic E-state index is 12.4. The third-order valence-electron chi connectivity index (χ3n) is 4.44. The Morgan fingerprint density at radius 3 is 2.48 bits per heavy atom. The van der Waals surface area contributed by atoms with Crippen molar-refractivity contribution in [3.63, 3.8) is 0 Å². The Hall–Kier alpha value is -3.54. The number of aryl methyl sites for hydroxylation is 1. The van der Waals surface area contributed by atoms with Crippen LogP contribution in [-0.2, 0) is 22.5 Å². The zero-order valence-corrected chi connectivity index (χ0v) is 16.5. The van der Waals surface area contributed by atoms with Crippen LogP contribution in [0.1, 0.15) is 41.0 Å².